The lowest BCUT2D eigenvalue weighted by atomic mass is 10.1. The standard InChI is InChI=1S/C19H17ClN2O2/c20-17-9-8-16(18-15(17)7-4-10-21-18)19(24)22(11-12-23)13-14-5-2-1-3-6-14/h1-10,23H,11-13H2. The molecule has 1 heterocycles. The van der Waals surface area contributed by atoms with Crippen molar-refractivity contribution < 1.29 is 9.90 Å². The zero-order valence-corrected chi connectivity index (χ0v) is 13.8. The second-order valence-electron chi connectivity index (χ2n) is 5.43. The van der Waals surface area contributed by atoms with E-state index in [0.29, 0.717) is 22.6 Å². The minimum atomic E-state index is -0.173. The Morgan fingerprint density at radius 2 is 1.88 bits per heavy atom. The van der Waals surface area contributed by atoms with Crippen molar-refractivity contribution in [2.75, 3.05) is 13.2 Å². The van der Waals surface area contributed by atoms with Crippen LogP contribution in [0.15, 0.2) is 60.8 Å². The second kappa shape index (κ2) is 7.43. The lowest BCUT2D eigenvalue weighted by molar-refractivity contribution is 0.0709. The van der Waals surface area contributed by atoms with Gasteiger partial charge in [-0.15, -0.1) is 0 Å². The van der Waals surface area contributed by atoms with Crippen LogP contribution in [0.5, 0.6) is 0 Å². The Morgan fingerprint density at radius 3 is 2.62 bits per heavy atom. The van der Waals surface area contributed by atoms with Crippen molar-refractivity contribution in [2.45, 2.75) is 6.54 Å². The molecule has 24 heavy (non-hydrogen) atoms. The monoisotopic (exact) mass is 340 g/mol. The van der Waals surface area contributed by atoms with Gasteiger partial charge in [0, 0.05) is 24.7 Å². The van der Waals surface area contributed by atoms with E-state index in [-0.39, 0.29) is 19.1 Å². The van der Waals surface area contributed by atoms with E-state index >= 15 is 0 Å². The number of nitrogens with zero attached hydrogens (tertiary/aromatic N) is 2. The lowest BCUT2D eigenvalue weighted by Gasteiger charge is -2.22. The molecule has 4 nitrogen and oxygen atoms in total. The van der Waals surface area contributed by atoms with Gasteiger partial charge in [-0.3, -0.25) is 9.78 Å². The van der Waals surface area contributed by atoms with Gasteiger partial charge < -0.3 is 10.0 Å². The van der Waals surface area contributed by atoms with Crippen molar-refractivity contribution in [2.24, 2.45) is 0 Å². The molecule has 0 aliphatic carbocycles. The molecule has 0 bridgehead atoms. The Kier molecular flexibility index (Phi) is 5.08. The molecule has 1 aromatic heterocycles. The predicted molar refractivity (Wildman–Crippen MR) is 95.0 cm³/mol. The maximum absolute atomic E-state index is 13.0. The van der Waals surface area contributed by atoms with E-state index in [1.54, 1.807) is 29.3 Å². The van der Waals surface area contributed by atoms with Gasteiger partial charge in [-0.05, 0) is 29.8 Å². The summed E-state index contributed by atoms with van der Waals surface area (Å²) in [4.78, 5) is 18.9. The molecule has 3 rings (SSSR count). The topological polar surface area (TPSA) is 53.4 Å². The molecular weight excluding hydrogens is 324 g/mol. The highest BCUT2D eigenvalue weighted by molar-refractivity contribution is 6.36. The summed E-state index contributed by atoms with van der Waals surface area (Å²) in [7, 11) is 0. The van der Waals surface area contributed by atoms with E-state index < -0.39 is 0 Å². The van der Waals surface area contributed by atoms with Crippen LogP contribution in [0.25, 0.3) is 10.9 Å². The number of rotatable bonds is 5. The molecule has 0 spiro atoms. The summed E-state index contributed by atoms with van der Waals surface area (Å²) >= 11 is 6.20. The minimum Gasteiger partial charge on any atom is -0.395 e. The summed E-state index contributed by atoms with van der Waals surface area (Å²) in [6.07, 6.45) is 1.64. The molecule has 1 N–H and O–H groups in total. The van der Waals surface area contributed by atoms with Crippen LogP contribution in [0, 0.1) is 0 Å². The summed E-state index contributed by atoms with van der Waals surface area (Å²) in [6.45, 7) is 0.583. The predicted octanol–water partition coefficient (Wildman–Crippen LogP) is 3.52. The number of carbonyl (C=O) groups is 1. The second-order valence-corrected chi connectivity index (χ2v) is 5.84. The smallest absolute Gasteiger partial charge is 0.256 e. The molecule has 0 aliphatic rings. The molecular formula is C19H17ClN2O2. The fourth-order valence-corrected chi connectivity index (χ4v) is 2.87. The van der Waals surface area contributed by atoms with Gasteiger partial charge in [-0.25, -0.2) is 0 Å². The van der Waals surface area contributed by atoms with E-state index in [2.05, 4.69) is 4.98 Å². The van der Waals surface area contributed by atoms with Gasteiger partial charge in [-0.2, -0.15) is 0 Å². The molecule has 0 saturated carbocycles. The summed E-state index contributed by atoms with van der Waals surface area (Å²) in [6, 6.07) is 16.7. The van der Waals surface area contributed by atoms with Gasteiger partial charge in [0.05, 0.1) is 22.7 Å². The van der Waals surface area contributed by atoms with Crippen LogP contribution in [0.3, 0.4) is 0 Å². The van der Waals surface area contributed by atoms with E-state index in [1.165, 1.54) is 0 Å². The Labute approximate surface area is 145 Å². The van der Waals surface area contributed by atoms with E-state index in [1.807, 2.05) is 36.4 Å². The highest BCUT2D eigenvalue weighted by Crippen LogP contribution is 2.26. The Hall–Kier alpha value is -2.43. The van der Waals surface area contributed by atoms with Crippen LogP contribution in [-0.4, -0.2) is 34.0 Å². The van der Waals surface area contributed by atoms with Crippen molar-refractivity contribution in [3.8, 4) is 0 Å². The van der Waals surface area contributed by atoms with Gasteiger partial charge >= 0.3 is 0 Å². The number of fused-ring (bicyclic) bond motifs is 1. The van der Waals surface area contributed by atoms with Crippen LogP contribution in [-0.2, 0) is 6.54 Å². The molecule has 0 unspecified atom stereocenters. The van der Waals surface area contributed by atoms with Crippen molar-refractivity contribution in [3.05, 3.63) is 76.9 Å². The van der Waals surface area contributed by atoms with Crippen LogP contribution in [0.4, 0.5) is 0 Å². The number of carbonyl (C=O) groups excluding carboxylic acids is 1. The summed E-state index contributed by atoms with van der Waals surface area (Å²) < 4.78 is 0. The van der Waals surface area contributed by atoms with Gasteiger partial charge in [0.1, 0.15) is 0 Å². The van der Waals surface area contributed by atoms with Gasteiger partial charge in [0.25, 0.3) is 5.91 Å². The zero-order chi connectivity index (χ0) is 16.9. The molecule has 5 heteroatoms. The number of halogens is 1. The van der Waals surface area contributed by atoms with E-state index in [0.717, 1.165) is 10.9 Å². The number of amides is 1. The number of hydrogen-bond donors (Lipinski definition) is 1. The van der Waals surface area contributed by atoms with E-state index in [9.17, 15) is 9.90 Å². The van der Waals surface area contributed by atoms with Crippen molar-refractivity contribution in [3.63, 3.8) is 0 Å². The maximum atomic E-state index is 13.0. The summed E-state index contributed by atoms with van der Waals surface area (Å²) in [5, 5.41) is 10.6. The van der Waals surface area contributed by atoms with Crippen LogP contribution < -0.4 is 0 Å². The number of aliphatic hydroxyl groups is 1. The van der Waals surface area contributed by atoms with Crippen molar-refractivity contribution >= 4 is 28.4 Å². The normalized spacial score (nSPS) is 10.8. The Bertz CT molecular complexity index is 852. The number of aromatic nitrogens is 1. The number of hydrogen-bond acceptors (Lipinski definition) is 3. The van der Waals surface area contributed by atoms with Gasteiger partial charge in [-0.1, -0.05) is 41.9 Å². The maximum Gasteiger partial charge on any atom is 0.256 e. The molecule has 0 radical (unpaired) electrons. The molecule has 3 aromatic rings. The highest BCUT2D eigenvalue weighted by Gasteiger charge is 2.19. The first-order chi connectivity index (χ1) is 11.7. The first kappa shape index (κ1) is 16.4. The molecule has 0 aliphatic heterocycles. The van der Waals surface area contributed by atoms with Crippen LogP contribution >= 0.6 is 11.6 Å². The van der Waals surface area contributed by atoms with Crippen LogP contribution in [0.2, 0.25) is 5.02 Å². The van der Waals surface area contributed by atoms with Gasteiger partial charge in [0.2, 0.25) is 0 Å². The number of pyridine rings is 1. The highest BCUT2D eigenvalue weighted by atomic mass is 35.5. The third-order valence-electron chi connectivity index (χ3n) is 3.82. The fourth-order valence-electron chi connectivity index (χ4n) is 2.66. The summed E-state index contributed by atoms with van der Waals surface area (Å²) in [5.74, 6) is -0.173. The third kappa shape index (κ3) is 3.40. The fraction of sp³-hybridized carbons (Fsp3) is 0.158. The SMILES string of the molecule is O=C(c1ccc(Cl)c2cccnc12)N(CCO)Cc1ccccc1. The summed E-state index contributed by atoms with van der Waals surface area (Å²) in [5.41, 5.74) is 2.07. The molecule has 0 saturated heterocycles. The number of benzene rings is 2. The molecule has 2 aromatic carbocycles. The Balaban J connectivity index is 1.97. The first-order valence-electron chi connectivity index (χ1n) is 7.68. The minimum absolute atomic E-state index is 0.0997. The first-order valence-corrected chi connectivity index (χ1v) is 8.06. The van der Waals surface area contributed by atoms with Crippen molar-refractivity contribution in [1.82, 2.24) is 9.88 Å². The van der Waals surface area contributed by atoms with Crippen molar-refractivity contribution in [1.29, 1.82) is 0 Å². The zero-order valence-electron chi connectivity index (χ0n) is 13.0. The van der Waals surface area contributed by atoms with Crippen LogP contribution in [0.1, 0.15) is 15.9 Å². The third-order valence-corrected chi connectivity index (χ3v) is 4.15. The molecule has 0 atom stereocenters. The molecule has 1 amide bonds. The quantitative estimate of drug-likeness (QED) is 0.773. The van der Waals surface area contributed by atoms with Gasteiger partial charge in [0.15, 0.2) is 0 Å². The van der Waals surface area contributed by atoms with E-state index in [4.69, 9.17) is 11.6 Å². The average molecular weight is 341 g/mol. The molecule has 0 fully saturated rings. The Morgan fingerprint density at radius 1 is 1.08 bits per heavy atom. The molecule has 122 valence electrons. The average Bonchev–Trinajstić information content (AvgIpc) is 2.62. The lowest BCUT2D eigenvalue weighted by Crippen LogP contribution is -2.33. The number of aliphatic hydroxyl groups excluding tert-OH is 1. The largest absolute Gasteiger partial charge is 0.395 e.